The van der Waals surface area contributed by atoms with Crippen LogP contribution in [0, 0.1) is 6.92 Å². The van der Waals surface area contributed by atoms with Gasteiger partial charge in [0.15, 0.2) is 5.65 Å². The summed E-state index contributed by atoms with van der Waals surface area (Å²) in [5.41, 5.74) is 1.40. The van der Waals surface area contributed by atoms with Gasteiger partial charge in [-0.15, -0.1) is 0 Å². The Morgan fingerprint density at radius 1 is 1.16 bits per heavy atom. The summed E-state index contributed by atoms with van der Waals surface area (Å²) in [5, 5.41) is 3.96. The normalized spacial score (nSPS) is 15.3. The van der Waals surface area contributed by atoms with E-state index in [4.69, 9.17) is 0 Å². The molecule has 1 fully saturated rings. The highest BCUT2D eigenvalue weighted by atomic mass is 32.2. The zero-order chi connectivity index (χ0) is 17.6. The molecule has 1 saturated heterocycles. The summed E-state index contributed by atoms with van der Waals surface area (Å²) in [4.78, 5) is 10.9. The van der Waals surface area contributed by atoms with Crippen LogP contribution in [0.4, 0.5) is 5.82 Å². The van der Waals surface area contributed by atoms with E-state index in [0.29, 0.717) is 11.7 Å². The molecule has 25 heavy (non-hydrogen) atoms. The lowest BCUT2D eigenvalue weighted by Crippen LogP contribution is -2.56. The van der Waals surface area contributed by atoms with E-state index < -0.39 is 10.0 Å². The molecule has 4 rings (SSSR count). The zero-order valence-electron chi connectivity index (χ0n) is 14.0. The first-order valence-corrected chi connectivity index (χ1v) is 9.50. The summed E-state index contributed by atoms with van der Waals surface area (Å²) >= 11 is 0. The first kappa shape index (κ1) is 16.0. The molecule has 1 aliphatic heterocycles. The number of anilines is 1. The minimum Gasteiger partial charge on any atom is -0.353 e. The number of nitrogens with one attached hydrogen (secondary N) is 1. The Balaban J connectivity index is 1.82. The average Bonchev–Trinajstić information content (AvgIpc) is 2.98. The fourth-order valence-corrected chi connectivity index (χ4v) is 4.24. The van der Waals surface area contributed by atoms with Crippen molar-refractivity contribution in [1.29, 1.82) is 0 Å². The van der Waals surface area contributed by atoms with Gasteiger partial charge in [0.25, 0.3) is 10.0 Å². The lowest BCUT2D eigenvalue weighted by atomic mass is 10.1. The third kappa shape index (κ3) is 2.58. The van der Waals surface area contributed by atoms with E-state index in [0.717, 1.165) is 29.9 Å². The summed E-state index contributed by atoms with van der Waals surface area (Å²) in [6, 6.07) is 8.93. The quantitative estimate of drug-likeness (QED) is 0.760. The number of fused-ring (bicyclic) bond motifs is 1. The second-order valence-corrected chi connectivity index (χ2v) is 8.10. The lowest BCUT2D eigenvalue weighted by molar-refractivity contribution is 0.427. The highest BCUT2D eigenvalue weighted by Crippen LogP contribution is 2.27. The number of aromatic nitrogens is 3. The molecule has 0 radical (unpaired) electrons. The maximum atomic E-state index is 13.0. The molecule has 130 valence electrons. The standard InChI is InChI=1S/C17H19N5O2S/c1-12-3-5-14(6-4-12)25(23,24)22-8-7-15-16(19-11-20-17(15)22)21(2)13-9-18-10-13/h3-8,11,13,18H,9-10H2,1-2H3. The molecular formula is C17H19N5O2S. The predicted octanol–water partition coefficient (Wildman–Crippen LogP) is 1.38. The van der Waals surface area contributed by atoms with Crippen molar-refractivity contribution in [3.8, 4) is 0 Å². The van der Waals surface area contributed by atoms with Crippen LogP contribution < -0.4 is 10.2 Å². The van der Waals surface area contributed by atoms with Crippen molar-refractivity contribution >= 4 is 26.9 Å². The monoisotopic (exact) mass is 357 g/mol. The maximum absolute atomic E-state index is 13.0. The Hall–Kier alpha value is -2.45. The molecule has 0 unspecified atom stereocenters. The molecule has 0 amide bonds. The molecular weight excluding hydrogens is 338 g/mol. The Kier molecular flexibility index (Phi) is 3.73. The van der Waals surface area contributed by atoms with Crippen LogP contribution in [0.3, 0.4) is 0 Å². The molecule has 0 spiro atoms. The van der Waals surface area contributed by atoms with E-state index in [1.165, 1.54) is 10.3 Å². The third-order valence-corrected chi connectivity index (χ3v) is 6.33. The van der Waals surface area contributed by atoms with Crippen LogP contribution in [-0.4, -0.2) is 48.5 Å². The van der Waals surface area contributed by atoms with Gasteiger partial charge in [0.05, 0.1) is 16.3 Å². The van der Waals surface area contributed by atoms with Crippen molar-refractivity contribution in [1.82, 2.24) is 19.3 Å². The zero-order valence-corrected chi connectivity index (χ0v) is 14.9. The Morgan fingerprint density at radius 3 is 2.52 bits per heavy atom. The van der Waals surface area contributed by atoms with Gasteiger partial charge in [0, 0.05) is 26.3 Å². The van der Waals surface area contributed by atoms with Gasteiger partial charge in [-0.2, -0.15) is 0 Å². The molecule has 3 aromatic rings. The Morgan fingerprint density at radius 2 is 1.88 bits per heavy atom. The number of rotatable bonds is 4. The summed E-state index contributed by atoms with van der Waals surface area (Å²) in [5.74, 6) is 0.745. The van der Waals surface area contributed by atoms with Gasteiger partial charge < -0.3 is 10.2 Å². The molecule has 3 heterocycles. The van der Waals surface area contributed by atoms with Crippen LogP contribution >= 0.6 is 0 Å². The average molecular weight is 357 g/mol. The predicted molar refractivity (Wildman–Crippen MR) is 96.4 cm³/mol. The molecule has 2 aromatic heterocycles. The van der Waals surface area contributed by atoms with Gasteiger partial charge in [-0.05, 0) is 25.1 Å². The van der Waals surface area contributed by atoms with Gasteiger partial charge in [0.2, 0.25) is 0 Å². The van der Waals surface area contributed by atoms with Crippen LogP contribution in [0.2, 0.25) is 0 Å². The summed E-state index contributed by atoms with van der Waals surface area (Å²) < 4.78 is 27.2. The molecule has 0 bridgehead atoms. The van der Waals surface area contributed by atoms with Crippen LogP contribution in [0.5, 0.6) is 0 Å². The highest BCUT2D eigenvalue weighted by Gasteiger charge is 2.26. The third-order valence-electron chi connectivity index (χ3n) is 4.65. The van der Waals surface area contributed by atoms with Gasteiger partial charge in [-0.3, -0.25) is 0 Å². The molecule has 1 aliphatic rings. The van der Waals surface area contributed by atoms with Crippen LogP contribution in [0.15, 0.2) is 47.8 Å². The van der Waals surface area contributed by atoms with Crippen molar-refractivity contribution in [2.24, 2.45) is 0 Å². The van der Waals surface area contributed by atoms with E-state index >= 15 is 0 Å². The SMILES string of the molecule is Cc1ccc(S(=O)(=O)n2ccc3c(N(C)C4CNC4)ncnc32)cc1. The number of nitrogens with zero attached hydrogens (tertiary/aromatic N) is 4. The van der Waals surface area contributed by atoms with E-state index in [1.807, 2.05) is 14.0 Å². The maximum Gasteiger partial charge on any atom is 0.269 e. The topological polar surface area (TPSA) is 80.1 Å². The molecule has 0 atom stereocenters. The van der Waals surface area contributed by atoms with Gasteiger partial charge in [-0.25, -0.2) is 22.4 Å². The highest BCUT2D eigenvalue weighted by molar-refractivity contribution is 7.90. The second kappa shape index (κ2) is 5.82. The first-order chi connectivity index (χ1) is 12.0. The van der Waals surface area contributed by atoms with Crippen molar-refractivity contribution < 1.29 is 8.42 Å². The van der Waals surface area contributed by atoms with E-state index in [1.54, 1.807) is 36.5 Å². The minimum absolute atomic E-state index is 0.243. The van der Waals surface area contributed by atoms with Crippen LogP contribution in [0.1, 0.15) is 5.56 Å². The smallest absolute Gasteiger partial charge is 0.269 e. The van der Waals surface area contributed by atoms with Crippen molar-refractivity contribution in [3.63, 3.8) is 0 Å². The van der Waals surface area contributed by atoms with Crippen molar-refractivity contribution in [2.75, 3.05) is 25.0 Å². The van der Waals surface area contributed by atoms with Crippen LogP contribution in [-0.2, 0) is 10.0 Å². The fourth-order valence-electron chi connectivity index (χ4n) is 2.93. The van der Waals surface area contributed by atoms with Gasteiger partial charge in [-0.1, -0.05) is 17.7 Å². The largest absolute Gasteiger partial charge is 0.353 e. The number of hydrogen-bond acceptors (Lipinski definition) is 6. The van der Waals surface area contributed by atoms with Crippen molar-refractivity contribution in [2.45, 2.75) is 17.9 Å². The van der Waals surface area contributed by atoms with E-state index in [2.05, 4.69) is 20.2 Å². The molecule has 0 saturated carbocycles. The molecule has 7 nitrogen and oxygen atoms in total. The molecule has 1 aromatic carbocycles. The second-order valence-electron chi connectivity index (χ2n) is 6.29. The fraction of sp³-hybridized carbons (Fsp3) is 0.294. The van der Waals surface area contributed by atoms with Crippen molar-refractivity contribution in [3.05, 3.63) is 48.4 Å². The number of hydrogen-bond donors (Lipinski definition) is 1. The van der Waals surface area contributed by atoms with Gasteiger partial charge in [0.1, 0.15) is 12.1 Å². The van der Waals surface area contributed by atoms with Crippen LogP contribution in [0.25, 0.3) is 11.0 Å². The van der Waals surface area contributed by atoms with E-state index in [9.17, 15) is 8.42 Å². The number of likely N-dealkylation sites (N-methyl/N-ethyl adjacent to an activating group) is 1. The summed E-state index contributed by atoms with van der Waals surface area (Å²) in [7, 11) is -1.73. The van der Waals surface area contributed by atoms with E-state index in [-0.39, 0.29) is 4.90 Å². The summed E-state index contributed by atoms with van der Waals surface area (Å²) in [6.45, 7) is 3.71. The number of benzene rings is 1. The molecule has 0 aliphatic carbocycles. The molecule has 8 heteroatoms. The molecule has 1 N–H and O–H groups in total. The summed E-state index contributed by atoms with van der Waals surface area (Å²) in [6.07, 6.45) is 2.96. The van der Waals surface area contributed by atoms with Gasteiger partial charge >= 0.3 is 0 Å². The minimum atomic E-state index is -3.70. The first-order valence-electron chi connectivity index (χ1n) is 8.06. The Labute approximate surface area is 146 Å². The number of aryl methyl sites for hydroxylation is 1. The lowest BCUT2D eigenvalue weighted by Gasteiger charge is -2.36. The Bertz CT molecular complexity index is 1020.